The largest absolute Gasteiger partial charge is 0.339 e. The third kappa shape index (κ3) is 4.59. The van der Waals surface area contributed by atoms with Gasteiger partial charge in [-0.1, -0.05) is 17.3 Å². The van der Waals surface area contributed by atoms with Gasteiger partial charge in [-0.05, 0) is 56.2 Å². The molecule has 1 saturated heterocycles. The van der Waals surface area contributed by atoms with Gasteiger partial charge in [-0.3, -0.25) is 5.10 Å². The summed E-state index contributed by atoms with van der Waals surface area (Å²) in [4.78, 5) is 23.5. The van der Waals surface area contributed by atoms with Gasteiger partial charge in [0.2, 0.25) is 11.7 Å². The summed E-state index contributed by atoms with van der Waals surface area (Å²) >= 11 is 0. The number of carbonyl (C=O) groups excluding carboxylic acids is 1. The number of urea groups is 1. The van der Waals surface area contributed by atoms with Crippen LogP contribution in [0.2, 0.25) is 0 Å². The Bertz CT molecular complexity index is 1270. The second kappa shape index (κ2) is 8.81. The molecule has 3 heterocycles. The molecule has 0 spiro atoms. The first kappa shape index (κ1) is 20.8. The number of hydrogen-bond acceptors (Lipinski definition) is 6. The van der Waals surface area contributed by atoms with Crippen LogP contribution in [0.3, 0.4) is 0 Å². The van der Waals surface area contributed by atoms with Gasteiger partial charge in [-0.25, -0.2) is 14.2 Å². The Labute approximate surface area is 189 Å². The highest BCUT2D eigenvalue weighted by atomic mass is 19.1. The van der Waals surface area contributed by atoms with Crippen molar-refractivity contribution in [3.63, 3.8) is 0 Å². The van der Waals surface area contributed by atoms with Crippen LogP contribution >= 0.6 is 0 Å². The number of aryl methyl sites for hydroxylation is 1. The van der Waals surface area contributed by atoms with Crippen molar-refractivity contribution in [1.82, 2.24) is 30.2 Å². The van der Waals surface area contributed by atoms with Gasteiger partial charge in [0.1, 0.15) is 11.6 Å². The normalized spacial score (nSPS) is 16.1. The van der Waals surface area contributed by atoms with E-state index in [-0.39, 0.29) is 17.8 Å². The van der Waals surface area contributed by atoms with Gasteiger partial charge in [0, 0.05) is 29.9 Å². The first-order valence-electron chi connectivity index (χ1n) is 10.7. The van der Waals surface area contributed by atoms with Gasteiger partial charge < -0.3 is 14.7 Å². The molecule has 0 aliphatic carbocycles. The maximum atomic E-state index is 13.2. The fourth-order valence-corrected chi connectivity index (χ4v) is 3.89. The second-order valence-electron chi connectivity index (χ2n) is 8.00. The maximum Gasteiger partial charge on any atom is 0.321 e. The summed E-state index contributed by atoms with van der Waals surface area (Å²) in [6.45, 7) is 2.94. The van der Waals surface area contributed by atoms with E-state index < -0.39 is 0 Å². The van der Waals surface area contributed by atoms with Crippen LogP contribution in [0.25, 0.3) is 22.8 Å². The molecule has 168 valence electrons. The molecule has 4 aromatic rings. The van der Waals surface area contributed by atoms with E-state index in [9.17, 15) is 9.18 Å². The molecule has 10 heteroatoms. The summed E-state index contributed by atoms with van der Waals surface area (Å²) in [5.41, 5.74) is 2.16. The Balaban J connectivity index is 1.26. The Morgan fingerprint density at radius 3 is 2.79 bits per heavy atom. The minimum Gasteiger partial charge on any atom is -0.339 e. The topological polar surface area (TPSA) is 113 Å². The second-order valence-corrected chi connectivity index (χ2v) is 8.00. The molecule has 33 heavy (non-hydrogen) atoms. The van der Waals surface area contributed by atoms with Crippen molar-refractivity contribution < 1.29 is 13.7 Å². The van der Waals surface area contributed by atoms with E-state index in [0.717, 1.165) is 24.2 Å². The zero-order valence-electron chi connectivity index (χ0n) is 18.0. The van der Waals surface area contributed by atoms with E-state index in [2.05, 4.69) is 30.6 Å². The van der Waals surface area contributed by atoms with Gasteiger partial charge in [0.25, 0.3) is 0 Å². The van der Waals surface area contributed by atoms with Crippen molar-refractivity contribution >= 4 is 11.7 Å². The van der Waals surface area contributed by atoms with Crippen molar-refractivity contribution in [2.24, 2.45) is 0 Å². The van der Waals surface area contributed by atoms with Crippen molar-refractivity contribution in [3.05, 3.63) is 66.1 Å². The summed E-state index contributed by atoms with van der Waals surface area (Å²) in [6.07, 6.45) is 1.66. The fourth-order valence-electron chi connectivity index (χ4n) is 3.89. The number of likely N-dealkylation sites (tertiary alicyclic amines) is 1. The number of piperidine rings is 1. The average molecular weight is 447 g/mol. The Hall–Kier alpha value is -4.08. The van der Waals surface area contributed by atoms with Crippen LogP contribution in [0.4, 0.5) is 14.9 Å². The number of amides is 2. The lowest BCUT2D eigenvalue weighted by atomic mass is 9.98. The molecule has 0 saturated carbocycles. The molecule has 2 N–H and O–H groups in total. The number of aromatic amines is 1. The number of nitrogens with zero attached hydrogens (tertiary/aromatic N) is 5. The number of hydrogen-bond donors (Lipinski definition) is 2. The van der Waals surface area contributed by atoms with E-state index in [1.165, 1.54) is 12.1 Å². The third-order valence-corrected chi connectivity index (χ3v) is 5.57. The zero-order valence-corrected chi connectivity index (χ0v) is 18.0. The highest BCUT2D eigenvalue weighted by Crippen LogP contribution is 2.28. The molecule has 1 atom stereocenters. The molecule has 2 amide bonds. The van der Waals surface area contributed by atoms with Crippen molar-refractivity contribution in [3.8, 4) is 22.8 Å². The standard InChI is InChI=1S/C23H22FN7O2/c1-14-25-20(29-28-14)16-4-2-6-19(12-16)26-23(32)31-11-3-5-17(13-31)22-27-21(30-33-22)15-7-9-18(24)10-8-15/h2,4,6-10,12,17H,3,5,11,13H2,1H3,(H,26,32)(H,25,28,29). The number of anilines is 1. The number of carbonyl (C=O) groups is 1. The lowest BCUT2D eigenvalue weighted by Crippen LogP contribution is -2.41. The number of rotatable bonds is 4. The van der Waals surface area contributed by atoms with E-state index in [0.29, 0.717) is 41.9 Å². The SMILES string of the molecule is Cc1nc(-c2cccc(NC(=O)N3CCCC(c4nc(-c5ccc(F)cc5)no4)C3)c2)n[nH]1. The number of benzene rings is 2. The van der Waals surface area contributed by atoms with Crippen LogP contribution in [0.1, 0.15) is 30.5 Å². The van der Waals surface area contributed by atoms with Crippen LogP contribution in [-0.4, -0.2) is 49.3 Å². The molecule has 0 radical (unpaired) electrons. The molecular formula is C23H22FN7O2. The van der Waals surface area contributed by atoms with E-state index in [1.54, 1.807) is 17.0 Å². The Morgan fingerprint density at radius 1 is 1.15 bits per heavy atom. The minimum atomic E-state index is -0.322. The first-order chi connectivity index (χ1) is 16.0. The molecule has 1 fully saturated rings. The lowest BCUT2D eigenvalue weighted by molar-refractivity contribution is 0.184. The molecular weight excluding hydrogens is 425 g/mol. The quantitative estimate of drug-likeness (QED) is 0.480. The van der Waals surface area contributed by atoms with Crippen molar-refractivity contribution in [2.45, 2.75) is 25.7 Å². The van der Waals surface area contributed by atoms with Crippen LogP contribution < -0.4 is 5.32 Å². The fraction of sp³-hybridized carbons (Fsp3) is 0.261. The average Bonchev–Trinajstić information content (AvgIpc) is 3.50. The monoisotopic (exact) mass is 447 g/mol. The van der Waals surface area contributed by atoms with Gasteiger partial charge in [-0.2, -0.15) is 10.1 Å². The molecule has 1 unspecified atom stereocenters. The van der Waals surface area contributed by atoms with E-state index in [4.69, 9.17) is 4.52 Å². The van der Waals surface area contributed by atoms with Crippen molar-refractivity contribution in [2.75, 3.05) is 18.4 Å². The van der Waals surface area contributed by atoms with Gasteiger partial charge in [0.15, 0.2) is 5.82 Å². The molecule has 0 bridgehead atoms. The van der Waals surface area contributed by atoms with Crippen LogP contribution in [0.15, 0.2) is 53.1 Å². The van der Waals surface area contributed by atoms with Gasteiger partial charge in [-0.15, -0.1) is 0 Å². The highest BCUT2D eigenvalue weighted by molar-refractivity contribution is 5.90. The molecule has 9 nitrogen and oxygen atoms in total. The van der Waals surface area contributed by atoms with Crippen LogP contribution in [0.5, 0.6) is 0 Å². The summed E-state index contributed by atoms with van der Waals surface area (Å²) in [7, 11) is 0. The Kier molecular flexibility index (Phi) is 5.55. The summed E-state index contributed by atoms with van der Waals surface area (Å²) < 4.78 is 18.6. The smallest absolute Gasteiger partial charge is 0.321 e. The minimum absolute atomic E-state index is 0.0613. The van der Waals surface area contributed by atoms with Crippen LogP contribution in [-0.2, 0) is 0 Å². The third-order valence-electron chi connectivity index (χ3n) is 5.57. The maximum absolute atomic E-state index is 13.2. The molecule has 1 aliphatic heterocycles. The Morgan fingerprint density at radius 2 is 2.00 bits per heavy atom. The molecule has 1 aliphatic rings. The number of H-pyrrole nitrogens is 1. The van der Waals surface area contributed by atoms with Gasteiger partial charge >= 0.3 is 6.03 Å². The molecule has 5 rings (SSSR count). The highest BCUT2D eigenvalue weighted by Gasteiger charge is 2.29. The number of aromatic nitrogens is 5. The summed E-state index contributed by atoms with van der Waals surface area (Å²) in [5.74, 6) is 1.81. The molecule has 2 aromatic heterocycles. The van der Waals surface area contributed by atoms with Crippen LogP contribution in [0, 0.1) is 12.7 Å². The van der Waals surface area contributed by atoms with E-state index >= 15 is 0 Å². The van der Waals surface area contributed by atoms with E-state index in [1.807, 2.05) is 31.2 Å². The van der Waals surface area contributed by atoms with Crippen molar-refractivity contribution in [1.29, 1.82) is 0 Å². The first-order valence-corrected chi connectivity index (χ1v) is 10.7. The number of halogens is 1. The summed E-state index contributed by atoms with van der Waals surface area (Å²) in [6, 6.07) is 13.2. The summed E-state index contributed by atoms with van der Waals surface area (Å²) in [5, 5.41) is 14.0. The predicted molar refractivity (Wildman–Crippen MR) is 119 cm³/mol. The zero-order chi connectivity index (χ0) is 22.8. The number of nitrogens with one attached hydrogen (secondary N) is 2. The lowest BCUT2D eigenvalue weighted by Gasteiger charge is -2.31. The molecule has 2 aromatic carbocycles. The predicted octanol–water partition coefficient (Wildman–Crippen LogP) is 4.38. The van der Waals surface area contributed by atoms with Gasteiger partial charge in [0.05, 0.1) is 5.92 Å².